The number of benzene rings is 1. The van der Waals surface area contributed by atoms with E-state index in [0.29, 0.717) is 6.54 Å². The number of aliphatic hydroxyl groups excluding tert-OH is 1. The molecule has 0 aliphatic carbocycles. The Morgan fingerprint density at radius 3 is 2.94 bits per heavy atom. The fourth-order valence-corrected chi connectivity index (χ4v) is 2.46. The fraction of sp³-hybridized carbons (Fsp3) is 0.538. The third-order valence-corrected chi connectivity index (χ3v) is 3.64. The Morgan fingerprint density at radius 1 is 1.41 bits per heavy atom. The number of rotatable bonds is 3. The molecule has 1 aromatic rings. The molecule has 0 spiro atoms. The van der Waals surface area contributed by atoms with E-state index in [4.69, 9.17) is 11.6 Å². The van der Waals surface area contributed by atoms with Crippen molar-refractivity contribution in [2.45, 2.75) is 31.8 Å². The molecule has 1 unspecified atom stereocenters. The standard InChI is InChI=1S/C13H17ClFNO/c14-12-5-4-10(7-13(12)15)8-16-6-2-1-3-11(16)9-17/h4-5,7,11,17H,1-3,6,8-9H2. The van der Waals surface area contributed by atoms with Crippen LogP contribution in [0.2, 0.25) is 5.02 Å². The average molecular weight is 258 g/mol. The smallest absolute Gasteiger partial charge is 0.142 e. The molecular weight excluding hydrogens is 241 g/mol. The van der Waals surface area contributed by atoms with Crippen molar-refractivity contribution in [3.05, 3.63) is 34.6 Å². The number of hydrogen-bond acceptors (Lipinski definition) is 2. The van der Waals surface area contributed by atoms with E-state index in [2.05, 4.69) is 4.90 Å². The van der Waals surface area contributed by atoms with Crippen molar-refractivity contribution in [1.29, 1.82) is 0 Å². The molecule has 1 saturated heterocycles. The van der Waals surface area contributed by atoms with Gasteiger partial charge in [0.25, 0.3) is 0 Å². The van der Waals surface area contributed by atoms with Crippen LogP contribution in [0.25, 0.3) is 0 Å². The lowest BCUT2D eigenvalue weighted by Gasteiger charge is -2.34. The first-order valence-corrected chi connectivity index (χ1v) is 6.37. The summed E-state index contributed by atoms with van der Waals surface area (Å²) in [7, 11) is 0. The van der Waals surface area contributed by atoms with Gasteiger partial charge >= 0.3 is 0 Å². The van der Waals surface area contributed by atoms with E-state index in [9.17, 15) is 9.50 Å². The largest absolute Gasteiger partial charge is 0.395 e. The maximum absolute atomic E-state index is 13.3. The van der Waals surface area contributed by atoms with Crippen molar-refractivity contribution in [2.24, 2.45) is 0 Å². The predicted octanol–water partition coefficient (Wildman–Crippen LogP) is 2.83. The minimum Gasteiger partial charge on any atom is -0.395 e. The maximum atomic E-state index is 13.3. The molecule has 1 N–H and O–H groups in total. The topological polar surface area (TPSA) is 23.5 Å². The molecule has 1 fully saturated rings. The summed E-state index contributed by atoms with van der Waals surface area (Å²) in [4.78, 5) is 2.21. The molecule has 4 heteroatoms. The Kier molecular flexibility index (Phi) is 4.37. The third-order valence-electron chi connectivity index (χ3n) is 3.33. The number of nitrogens with zero attached hydrogens (tertiary/aromatic N) is 1. The summed E-state index contributed by atoms with van der Waals surface area (Å²) in [5, 5.41) is 9.46. The molecule has 0 saturated carbocycles. The van der Waals surface area contributed by atoms with Crippen LogP contribution in [0.5, 0.6) is 0 Å². The molecule has 1 aromatic carbocycles. The van der Waals surface area contributed by atoms with Gasteiger partial charge in [-0.15, -0.1) is 0 Å². The van der Waals surface area contributed by atoms with E-state index >= 15 is 0 Å². The fourth-order valence-electron chi connectivity index (χ4n) is 2.35. The molecule has 0 aromatic heterocycles. The number of halogens is 2. The first kappa shape index (κ1) is 12.8. The highest BCUT2D eigenvalue weighted by atomic mass is 35.5. The second kappa shape index (κ2) is 5.80. The normalized spacial score (nSPS) is 21.7. The van der Waals surface area contributed by atoms with E-state index in [1.807, 2.05) is 6.07 Å². The van der Waals surface area contributed by atoms with Crippen LogP contribution in [-0.4, -0.2) is 29.2 Å². The van der Waals surface area contributed by atoms with Gasteiger partial charge in [0.15, 0.2) is 0 Å². The van der Waals surface area contributed by atoms with Gasteiger partial charge in [0.05, 0.1) is 11.6 Å². The maximum Gasteiger partial charge on any atom is 0.142 e. The zero-order valence-corrected chi connectivity index (χ0v) is 10.5. The Bertz CT molecular complexity index is 386. The summed E-state index contributed by atoms with van der Waals surface area (Å²) in [6.07, 6.45) is 3.33. The lowest BCUT2D eigenvalue weighted by Crippen LogP contribution is -2.41. The highest BCUT2D eigenvalue weighted by Gasteiger charge is 2.21. The molecule has 0 bridgehead atoms. The molecule has 0 radical (unpaired) electrons. The van der Waals surface area contributed by atoms with Gasteiger partial charge in [-0.25, -0.2) is 4.39 Å². The number of likely N-dealkylation sites (tertiary alicyclic amines) is 1. The van der Waals surface area contributed by atoms with Gasteiger partial charge in [-0.2, -0.15) is 0 Å². The van der Waals surface area contributed by atoms with Gasteiger partial charge in [0.2, 0.25) is 0 Å². The Morgan fingerprint density at radius 2 is 2.24 bits per heavy atom. The van der Waals surface area contributed by atoms with Crippen LogP contribution in [0.4, 0.5) is 4.39 Å². The van der Waals surface area contributed by atoms with Gasteiger partial charge in [-0.3, -0.25) is 4.90 Å². The minimum atomic E-state index is -0.373. The molecule has 0 amide bonds. The lowest BCUT2D eigenvalue weighted by molar-refractivity contribution is 0.0840. The van der Waals surface area contributed by atoms with Crippen molar-refractivity contribution in [3.63, 3.8) is 0 Å². The highest BCUT2D eigenvalue weighted by Crippen LogP contribution is 2.21. The van der Waals surface area contributed by atoms with Gasteiger partial charge in [-0.1, -0.05) is 24.1 Å². The molecule has 17 heavy (non-hydrogen) atoms. The van der Waals surface area contributed by atoms with Crippen LogP contribution in [0.3, 0.4) is 0 Å². The van der Waals surface area contributed by atoms with E-state index in [0.717, 1.165) is 31.4 Å². The first-order valence-electron chi connectivity index (χ1n) is 5.99. The van der Waals surface area contributed by atoms with Crippen LogP contribution < -0.4 is 0 Å². The molecule has 2 nitrogen and oxygen atoms in total. The average Bonchev–Trinajstić information content (AvgIpc) is 2.34. The number of aliphatic hydroxyl groups is 1. The summed E-state index contributed by atoms with van der Waals surface area (Å²) in [6.45, 7) is 1.82. The van der Waals surface area contributed by atoms with Crippen LogP contribution in [0.15, 0.2) is 18.2 Å². The molecular formula is C13H17ClFNO. The minimum absolute atomic E-state index is 0.158. The molecule has 1 heterocycles. The van der Waals surface area contributed by atoms with Crippen molar-refractivity contribution >= 4 is 11.6 Å². The summed E-state index contributed by atoms with van der Waals surface area (Å²) in [5.74, 6) is -0.373. The zero-order chi connectivity index (χ0) is 12.3. The number of piperidine rings is 1. The van der Waals surface area contributed by atoms with Gasteiger partial charge in [0.1, 0.15) is 5.82 Å². The highest BCUT2D eigenvalue weighted by molar-refractivity contribution is 6.30. The number of hydrogen-bond donors (Lipinski definition) is 1. The summed E-state index contributed by atoms with van der Waals surface area (Å²) >= 11 is 5.65. The third kappa shape index (κ3) is 3.18. The monoisotopic (exact) mass is 257 g/mol. The van der Waals surface area contributed by atoms with E-state index in [1.165, 1.54) is 6.07 Å². The summed E-state index contributed by atoms with van der Waals surface area (Å²) in [5.41, 5.74) is 0.909. The molecule has 2 rings (SSSR count). The van der Waals surface area contributed by atoms with E-state index in [-0.39, 0.29) is 23.5 Å². The van der Waals surface area contributed by atoms with Crippen LogP contribution >= 0.6 is 11.6 Å². The van der Waals surface area contributed by atoms with Gasteiger partial charge < -0.3 is 5.11 Å². The summed E-state index contributed by atoms with van der Waals surface area (Å²) < 4.78 is 13.3. The molecule has 1 aliphatic rings. The molecule has 94 valence electrons. The van der Waals surface area contributed by atoms with E-state index in [1.54, 1.807) is 6.07 Å². The van der Waals surface area contributed by atoms with Crippen LogP contribution in [0.1, 0.15) is 24.8 Å². The quantitative estimate of drug-likeness (QED) is 0.900. The van der Waals surface area contributed by atoms with Gasteiger partial charge in [-0.05, 0) is 37.1 Å². The van der Waals surface area contributed by atoms with Crippen molar-refractivity contribution in [1.82, 2.24) is 4.90 Å². The molecule has 1 aliphatic heterocycles. The predicted molar refractivity (Wildman–Crippen MR) is 66.5 cm³/mol. The Hall–Kier alpha value is -0.640. The SMILES string of the molecule is OCC1CCCCN1Cc1ccc(Cl)c(F)c1. The van der Waals surface area contributed by atoms with Crippen molar-refractivity contribution in [2.75, 3.05) is 13.2 Å². The van der Waals surface area contributed by atoms with E-state index < -0.39 is 0 Å². The van der Waals surface area contributed by atoms with Crippen molar-refractivity contribution < 1.29 is 9.50 Å². The summed E-state index contributed by atoms with van der Waals surface area (Å²) in [6, 6.07) is 5.12. The molecule has 1 atom stereocenters. The second-order valence-electron chi connectivity index (χ2n) is 4.55. The zero-order valence-electron chi connectivity index (χ0n) is 9.70. The first-order chi connectivity index (χ1) is 8.20. The second-order valence-corrected chi connectivity index (χ2v) is 4.96. The van der Waals surface area contributed by atoms with Crippen molar-refractivity contribution in [3.8, 4) is 0 Å². The van der Waals surface area contributed by atoms with Gasteiger partial charge in [0, 0.05) is 12.6 Å². The lowest BCUT2D eigenvalue weighted by atomic mass is 10.0. The van der Waals surface area contributed by atoms with Crippen LogP contribution in [0, 0.1) is 5.82 Å². The Labute approximate surface area is 106 Å². The Balaban J connectivity index is 2.05. The van der Waals surface area contributed by atoms with Crippen LogP contribution in [-0.2, 0) is 6.54 Å².